The van der Waals surface area contributed by atoms with Gasteiger partial charge in [-0.1, -0.05) is 0 Å². The molecule has 0 unspecified atom stereocenters. The first-order valence-electron chi connectivity index (χ1n) is 4.42. The second-order valence-electron chi connectivity index (χ2n) is 3.06. The molecule has 0 aromatic carbocycles. The molecule has 0 aliphatic rings. The zero-order valence-corrected chi connectivity index (χ0v) is 8.75. The first-order valence-corrected chi connectivity index (χ1v) is 4.42. The fraction of sp³-hybridized carbons (Fsp3) is 0.500. The summed E-state index contributed by atoms with van der Waals surface area (Å²) in [6.07, 6.45) is -2.75. The number of nitrogens with two attached hydrogens (primary N) is 1. The number of hydrogen-bond acceptors (Lipinski definition) is 5. The third kappa shape index (κ3) is 3.08. The van der Waals surface area contributed by atoms with Gasteiger partial charge in [0.2, 0.25) is 5.88 Å². The molecule has 96 valence electrons. The van der Waals surface area contributed by atoms with Crippen LogP contribution in [0.3, 0.4) is 0 Å². The number of rotatable bonds is 5. The summed E-state index contributed by atoms with van der Waals surface area (Å²) in [5, 5.41) is 2.02. The number of nitrogens with one attached hydrogen (secondary N) is 1. The predicted molar refractivity (Wildman–Crippen MR) is 52.4 cm³/mol. The molecule has 1 aromatic heterocycles. The monoisotopic (exact) mass is 254 g/mol. The Labute approximate surface area is 94.0 Å². The molecule has 1 heterocycles. The number of anilines is 2. The lowest BCUT2D eigenvalue weighted by Gasteiger charge is -2.17. The number of nitrogen functional groups attached to an aromatic ring is 1. The van der Waals surface area contributed by atoms with E-state index in [-0.39, 0.29) is 17.4 Å². The SMILES string of the molecule is COc1ncnc(NCC(F)(F)C(F)F)c1N. The van der Waals surface area contributed by atoms with Crippen molar-refractivity contribution in [2.45, 2.75) is 12.3 Å². The molecule has 0 saturated carbocycles. The molecule has 0 spiro atoms. The number of ether oxygens (including phenoxy) is 1. The fourth-order valence-corrected chi connectivity index (χ4v) is 0.962. The van der Waals surface area contributed by atoms with Crippen LogP contribution in [0.4, 0.5) is 29.1 Å². The average Bonchev–Trinajstić information content (AvgIpc) is 2.27. The smallest absolute Gasteiger partial charge is 0.324 e. The van der Waals surface area contributed by atoms with Gasteiger partial charge in [0, 0.05) is 0 Å². The largest absolute Gasteiger partial charge is 0.479 e. The summed E-state index contributed by atoms with van der Waals surface area (Å²) < 4.78 is 53.7. The molecule has 0 atom stereocenters. The van der Waals surface area contributed by atoms with Crippen molar-refractivity contribution in [1.82, 2.24) is 9.97 Å². The third-order valence-electron chi connectivity index (χ3n) is 1.85. The highest BCUT2D eigenvalue weighted by Crippen LogP contribution is 2.27. The lowest BCUT2D eigenvalue weighted by atomic mass is 10.3. The van der Waals surface area contributed by atoms with E-state index in [0.29, 0.717) is 0 Å². The lowest BCUT2D eigenvalue weighted by Crippen LogP contribution is -2.35. The van der Waals surface area contributed by atoms with Gasteiger partial charge in [-0.3, -0.25) is 0 Å². The molecule has 17 heavy (non-hydrogen) atoms. The van der Waals surface area contributed by atoms with Crippen LogP contribution in [0.5, 0.6) is 5.88 Å². The van der Waals surface area contributed by atoms with E-state index in [0.717, 1.165) is 6.33 Å². The topological polar surface area (TPSA) is 73.1 Å². The van der Waals surface area contributed by atoms with E-state index in [4.69, 9.17) is 10.5 Å². The summed E-state index contributed by atoms with van der Waals surface area (Å²) in [4.78, 5) is 7.15. The van der Waals surface area contributed by atoms with Gasteiger partial charge in [-0.2, -0.15) is 13.8 Å². The standard InChI is InChI=1S/C8H10F4N4O/c1-17-6-4(13)5(15-3-16-6)14-2-8(11,12)7(9)10/h3,7H,2,13H2,1H3,(H,14,15,16). The highest BCUT2D eigenvalue weighted by molar-refractivity contribution is 5.66. The molecule has 0 radical (unpaired) electrons. The van der Waals surface area contributed by atoms with Gasteiger partial charge in [0.1, 0.15) is 12.0 Å². The van der Waals surface area contributed by atoms with Crippen LogP contribution >= 0.6 is 0 Å². The third-order valence-corrected chi connectivity index (χ3v) is 1.85. The van der Waals surface area contributed by atoms with E-state index in [2.05, 4.69) is 9.97 Å². The first-order chi connectivity index (χ1) is 7.88. The van der Waals surface area contributed by atoms with E-state index in [1.807, 2.05) is 5.32 Å². The zero-order chi connectivity index (χ0) is 13.1. The molecule has 9 heteroatoms. The number of nitrogens with zero attached hydrogens (tertiary/aromatic N) is 2. The Bertz CT molecular complexity index is 388. The van der Waals surface area contributed by atoms with E-state index < -0.39 is 18.9 Å². The molecule has 0 bridgehead atoms. The summed E-state index contributed by atoms with van der Waals surface area (Å²) in [6, 6.07) is 0. The highest BCUT2D eigenvalue weighted by Gasteiger charge is 2.40. The maximum Gasteiger partial charge on any atom is 0.324 e. The molecule has 0 saturated heterocycles. The van der Waals surface area contributed by atoms with Gasteiger partial charge in [0.25, 0.3) is 0 Å². The Morgan fingerprint density at radius 2 is 2.12 bits per heavy atom. The van der Waals surface area contributed by atoms with E-state index in [9.17, 15) is 17.6 Å². The Kier molecular flexibility index (Phi) is 3.92. The Morgan fingerprint density at radius 3 is 2.65 bits per heavy atom. The van der Waals surface area contributed by atoms with Crippen molar-refractivity contribution in [2.75, 3.05) is 24.7 Å². The van der Waals surface area contributed by atoms with Crippen molar-refractivity contribution >= 4 is 11.5 Å². The van der Waals surface area contributed by atoms with E-state index in [1.165, 1.54) is 7.11 Å². The molecular weight excluding hydrogens is 244 g/mol. The Morgan fingerprint density at radius 1 is 1.47 bits per heavy atom. The van der Waals surface area contributed by atoms with Gasteiger partial charge in [0.15, 0.2) is 5.82 Å². The molecule has 0 aliphatic heterocycles. The summed E-state index contributed by atoms with van der Waals surface area (Å²) >= 11 is 0. The molecule has 3 N–H and O–H groups in total. The number of methoxy groups -OCH3 is 1. The molecule has 1 rings (SSSR count). The molecule has 1 aromatic rings. The average molecular weight is 254 g/mol. The van der Waals surface area contributed by atoms with Gasteiger partial charge in [-0.25, -0.2) is 13.8 Å². The summed E-state index contributed by atoms with van der Waals surface area (Å²) in [7, 11) is 1.27. The van der Waals surface area contributed by atoms with Crippen molar-refractivity contribution < 1.29 is 22.3 Å². The van der Waals surface area contributed by atoms with Crippen LogP contribution in [0.2, 0.25) is 0 Å². The second-order valence-corrected chi connectivity index (χ2v) is 3.06. The lowest BCUT2D eigenvalue weighted by molar-refractivity contribution is -0.117. The highest BCUT2D eigenvalue weighted by atomic mass is 19.3. The van der Waals surface area contributed by atoms with Crippen molar-refractivity contribution in [3.8, 4) is 5.88 Å². The van der Waals surface area contributed by atoms with Crippen LogP contribution < -0.4 is 15.8 Å². The van der Waals surface area contributed by atoms with Crippen molar-refractivity contribution in [2.24, 2.45) is 0 Å². The van der Waals surface area contributed by atoms with Crippen LogP contribution in [-0.4, -0.2) is 36.0 Å². The first kappa shape index (κ1) is 13.3. The van der Waals surface area contributed by atoms with Gasteiger partial charge in [-0.15, -0.1) is 0 Å². The second kappa shape index (κ2) is 5.02. The summed E-state index contributed by atoms with van der Waals surface area (Å²) in [6.45, 7) is -1.28. The number of halogens is 4. The van der Waals surface area contributed by atoms with Gasteiger partial charge >= 0.3 is 12.3 Å². The molecule has 0 amide bonds. The molecule has 0 aliphatic carbocycles. The van der Waals surface area contributed by atoms with Crippen LogP contribution in [0.1, 0.15) is 0 Å². The van der Waals surface area contributed by atoms with Crippen LogP contribution in [0.25, 0.3) is 0 Å². The quantitative estimate of drug-likeness (QED) is 0.776. The van der Waals surface area contributed by atoms with Crippen LogP contribution in [0.15, 0.2) is 6.33 Å². The van der Waals surface area contributed by atoms with Crippen LogP contribution in [-0.2, 0) is 0 Å². The molecule has 5 nitrogen and oxygen atoms in total. The Hall–Kier alpha value is -1.80. The van der Waals surface area contributed by atoms with E-state index >= 15 is 0 Å². The fourth-order valence-electron chi connectivity index (χ4n) is 0.962. The number of alkyl halides is 4. The normalized spacial score (nSPS) is 11.6. The summed E-state index contributed by atoms with van der Waals surface area (Å²) in [5.74, 6) is -4.37. The van der Waals surface area contributed by atoms with Gasteiger partial charge < -0.3 is 15.8 Å². The minimum absolute atomic E-state index is 0.0251. The van der Waals surface area contributed by atoms with Crippen LogP contribution in [0, 0.1) is 0 Å². The van der Waals surface area contributed by atoms with Crippen molar-refractivity contribution in [3.63, 3.8) is 0 Å². The number of hydrogen-bond donors (Lipinski definition) is 2. The van der Waals surface area contributed by atoms with E-state index in [1.54, 1.807) is 0 Å². The maximum absolute atomic E-state index is 12.6. The maximum atomic E-state index is 12.6. The van der Waals surface area contributed by atoms with Crippen molar-refractivity contribution in [3.05, 3.63) is 6.33 Å². The summed E-state index contributed by atoms with van der Waals surface area (Å²) in [5.41, 5.74) is 5.33. The number of aromatic nitrogens is 2. The molecule has 0 fully saturated rings. The predicted octanol–water partition coefficient (Wildman–Crippen LogP) is 1.38. The molecular formula is C8H10F4N4O. The van der Waals surface area contributed by atoms with Gasteiger partial charge in [-0.05, 0) is 0 Å². The Balaban J connectivity index is 2.76. The zero-order valence-electron chi connectivity index (χ0n) is 8.75. The minimum Gasteiger partial charge on any atom is -0.479 e. The van der Waals surface area contributed by atoms with Crippen molar-refractivity contribution in [1.29, 1.82) is 0 Å². The minimum atomic E-state index is -4.16. The van der Waals surface area contributed by atoms with Gasteiger partial charge in [0.05, 0.1) is 13.7 Å².